The van der Waals surface area contributed by atoms with E-state index in [9.17, 15) is 9.90 Å². The summed E-state index contributed by atoms with van der Waals surface area (Å²) in [5, 5.41) is 12.1. The molecule has 16 heavy (non-hydrogen) atoms. The Morgan fingerprint density at radius 1 is 1.56 bits per heavy atom. The first kappa shape index (κ1) is 11.0. The van der Waals surface area contributed by atoms with Crippen LogP contribution in [0.4, 0.5) is 4.79 Å². The van der Waals surface area contributed by atoms with Crippen molar-refractivity contribution in [2.45, 2.75) is 31.6 Å². The van der Waals surface area contributed by atoms with Crippen LogP contribution < -0.4 is 5.32 Å². The van der Waals surface area contributed by atoms with Crippen molar-refractivity contribution in [2.24, 2.45) is 0 Å². The third kappa shape index (κ3) is 2.73. The first-order valence-corrected chi connectivity index (χ1v) is 5.27. The molecule has 1 aromatic carbocycles. The molecular formula is C12H15NO3. The highest BCUT2D eigenvalue weighted by molar-refractivity contribution is 5.68. The number of ether oxygens (including phenoxy) is 1. The first-order chi connectivity index (χ1) is 7.58. The van der Waals surface area contributed by atoms with Gasteiger partial charge in [-0.25, -0.2) is 4.79 Å². The average Bonchev–Trinajstić information content (AvgIpc) is 2.84. The molecule has 1 aliphatic carbocycles. The molecule has 0 aliphatic heterocycles. The van der Waals surface area contributed by atoms with Gasteiger partial charge in [0.25, 0.3) is 0 Å². The summed E-state index contributed by atoms with van der Waals surface area (Å²) in [6, 6.07) is 9.30. The Morgan fingerprint density at radius 2 is 2.19 bits per heavy atom. The summed E-state index contributed by atoms with van der Waals surface area (Å²) in [5.41, 5.74) is 0.186. The van der Waals surface area contributed by atoms with E-state index >= 15 is 0 Å². The van der Waals surface area contributed by atoms with Crippen LogP contribution in [0.1, 0.15) is 18.9 Å². The molecule has 1 aromatic rings. The molecule has 0 heterocycles. The minimum absolute atomic E-state index is 0.171. The van der Waals surface area contributed by atoms with Gasteiger partial charge in [0.05, 0.1) is 11.6 Å². The average molecular weight is 221 g/mol. The number of amides is 1. The molecule has 4 nitrogen and oxygen atoms in total. The van der Waals surface area contributed by atoms with Crippen LogP contribution in [-0.4, -0.2) is 22.8 Å². The van der Waals surface area contributed by atoms with Gasteiger partial charge in [-0.1, -0.05) is 30.3 Å². The number of carbonyl (C=O) groups excluding carboxylic acids is 1. The molecule has 1 saturated carbocycles. The Balaban J connectivity index is 1.73. The van der Waals surface area contributed by atoms with E-state index < -0.39 is 11.7 Å². The van der Waals surface area contributed by atoms with Crippen LogP contribution in [0.25, 0.3) is 0 Å². The largest absolute Gasteiger partial charge is 0.445 e. The van der Waals surface area contributed by atoms with Crippen molar-refractivity contribution in [3.05, 3.63) is 35.9 Å². The lowest BCUT2D eigenvalue weighted by molar-refractivity contribution is 0.126. The predicted octanol–water partition coefficient (Wildman–Crippen LogP) is 1.44. The Hall–Kier alpha value is -1.55. The summed E-state index contributed by atoms with van der Waals surface area (Å²) in [7, 11) is 0. The molecule has 1 amide bonds. The lowest BCUT2D eigenvalue weighted by atomic mass is 10.2. The lowest BCUT2D eigenvalue weighted by Crippen LogP contribution is -2.31. The van der Waals surface area contributed by atoms with Gasteiger partial charge in [0.15, 0.2) is 0 Å². The molecule has 4 heteroatoms. The highest BCUT2D eigenvalue weighted by Gasteiger charge is 2.49. The van der Waals surface area contributed by atoms with Gasteiger partial charge in [-0.2, -0.15) is 0 Å². The highest BCUT2D eigenvalue weighted by atomic mass is 16.5. The molecule has 2 rings (SSSR count). The van der Waals surface area contributed by atoms with Gasteiger partial charge in [-0.3, -0.25) is 0 Å². The van der Waals surface area contributed by atoms with Crippen LogP contribution in [0.5, 0.6) is 0 Å². The number of nitrogens with one attached hydrogen (secondary N) is 1. The Morgan fingerprint density at radius 3 is 2.75 bits per heavy atom. The van der Waals surface area contributed by atoms with Gasteiger partial charge in [0, 0.05) is 6.42 Å². The number of hydrogen-bond donors (Lipinski definition) is 2. The highest BCUT2D eigenvalue weighted by Crippen LogP contribution is 2.34. The summed E-state index contributed by atoms with van der Waals surface area (Å²) >= 11 is 0. The second-order valence-corrected chi connectivity index (χ2v) is 4.32. The van der Waals surface area contributed by atoms with E-state index in [0.717, 1.165) is 5.56 Å². The van der Waals surface area contributed by atoms with Gasteiger partial charge in [-0.05, 0) is 12.5 Å². The van der Waals surface area contributed by atoms with E-state index in [1.807, 2.05) is 30.3 Å². The van der Waals surface area contributed by atoms with Crippen molar-refractivity contribution in [3.63, 3.8) is 0 Å². The third-order valence-electron chi connectivity index (χ3n) is 2.71. The molecule has 0 aromatic heterocycles. The molecule has 0 radical (unpaired) electrons. The summed E-state index contributed by atoms with van der Waals surface area (Å²) in [6.45, 7) is 1.94. The smallest absolute Gasteiger partial charge is 0.407 e. The number of alkyl carbamates (subject to hydrolysis) is 1. The molecule has 0 saturated heterocycles. The molecule has 2 N–H and O–H groups in total. The van der Waals surface area contributed by atoms with E-state index in [1.54, 1.807) is 6.92 Å². The number of rotatable bonds is 3. The molecule has 2 atom stereocenters. The molecule has 1 fully saturated rings. The predicted molar refractivity (Wildman–Crippen MR) is 58.8 cm³/mol. The van der Waals surface area contributed by atoms with E-state index in [4.69, 9.17) is 4.74 Å². The van der Waals surface area contributed by atoms with Crippen molar-refractivity contribution >= 4 is 6.09 Å². The summed E-state index contributed by atoms with van der Waals surface area (Å²) in [6.07, 6.45) is 0.111. The summed E-state index contributed by atoms with van der Waals surface area (Å²) in [4.78, 5) is 11.3. The van der Waals surface area contributed by atoms with Gasteiger partial charge >= 0.3 is 6.09 Å². The number of hydrogen-bond acceptors (Lipinski definition) is 3. The molecule has 1 aliphatic rings. The third-order valence-corrected chi connectivity index (χ3v) is 2.71. The fourth-order valence-corrected chi connectivity index (χ4v) is 1.47. The number of aliphatic hydroxyl groups is 1. The van der Waals surface area contributed by atoms with Gasteiger partial charge < -0.3 is 15.2 Å². The quantitative estimate of drug-likeness (QED) is 0.811. The van der Waals surface area contributed by atoms with Crippen LogP contribution in [-0.2, 0) is 11.3 Å². The molecular weight excluding hydrogens is 206 g/mol. The van der Waals surface area contributed by atoms with Gasteiger partial charge in [0.1, 0.15) is 6.61 Å². The van der Waals surface area contributed by atoms with Crippen molar-refractivity contribution in [1.29, 1.82) is 0 Å². The van der Waals surface area contributed by atoms with Crippen LogP contribution in [0, 0.1) is 0 Å². The van der Waals surface area contributed by atoms with E-state index in [1.165, 1.54) is 0 Å². The molecule has 0 spiro atoms. The van der Waals surface area contributed by atoms with Gasteiger partial charge in [0.2, 0.25) is 0 Å². The zero-order valence-corrected chi connectivity index (χ0v) is 9.14. The van der Waals surface area contributed by atoms with Crippen molar-refractivity contribution < 1.29 is 14.6 Å². The maximum atomic E-state index is 11.3. The van der Waals surface area contributed by atoms with Crippen molar-refractivity contribution in [1.82, 2.24) is 5.32 Å². The zero-order chi connectivity index (χ0) is 11.6. The van der Waals surface area contributed by atoms with Crippen molar-refractivity contribution in [2.75, 3.05) is 0 Å². The second-order valence-electron chi connectivity index (χ2n) is 4.32. The SMILES string of the molecule is CC1(O)CC1NC(=O)OCc1ccccc1. The normalized spacial score (nSPS) is 27.2. The maximum absolute atomic E-state index is 11.3. The van der Waals surface area contributed by atoms with Crippen molar-refractivity contribution in [3.8, 4) is 0 Å². The van der Waals surface area contributed by atoms with Gasteiger partial charge in [-0.15, -0.1) is 0 Å². The summed E-state index contributed by atoms with van der Waals surface area (Å²) in [5.74, 6) is 0. The Kier molecular flexibility index (Phi) is 2.83. The fourth-order valence-electron chi connectivity index (χ4n) is 1.47. The van der Waals surface area contributed by atoms with Crippen LogP contribution in [0.2, 0.25) is 0 Å². The monoisotopic (exact) mass is 221 g/mol. The lowest BCUT2D eigenvalue weighted by Gasteiger charge is -2.07. The van der Waals surface area contributed by atoms with E-state index in [-0.39, 0.29) is 12.6 Å². The minimum Gasteiger partial charge on any atom is -0.445 e. The summed E-state index contributed by atoms with van der Waals surface area (Å²) < 4.78 is 5.01. The Labute approximate surface area is 94.2 Å². The first-order valence-electron chi connectivity index (χ1n) is 5.27. The zero-order valence-electron chi connectivity index (χ0n) is 9.14. The maximum Gasteiger partial charge on any atom is 0.407 e. The minimum atomic E-state index is -0.758. The number of carbonyl (C=O) groups is 1. The number of benzene rings is 1. The molecule has 86 valence electrons. The van der Waals surface area contributed by atoms with Crippen LogP contribution >= 0.6 is 0 Å². The van der Waals surface area contributed by atoms with Crippen LogP contribution in [0.15, 0.2) is 30.3 Å². The van der Waals surface area contributed by atoms with E-state index in [0.29, 0.717) is 6.42 Å². The fraction of sp³-hybridized carbons (Fsp3) is 0.417. The Bertz CT molecular complexity index is 375. The standard InChI is InChI=1S/C12H15NO3/c1-12(15)7-10(12)13-11(14)16-8-9-5-3-2-4-6-9/h2-6,10,15H,7-8H2,1H3,(H,13,14). The second kappa shape index (κ2) is 4.14. The molecule has 2 unspecified atom stereocenters. The topological polar surface area (TPSA) is 58.6 Å². The van der Waals surface area contributed by atoms with Crippen LogP contribution in [0.3, 0.4) is 0 Å². The molecule has 0 bridgehead atoms. The van der Waals surface area contributed by atoms with E-state index in [2.05, 4.69) is 5.32 Å².